The highest BCUT2D eigenvalue weighted by Gasteiger charge is 2.38. The number of nitrogens with zero attached hydrogens (tertiary/aromatic N) is 2. The smallest absolute Gasteiger partial charge is 0.387 e. The minimum absolute atomic E-state index is 0.0793. The number of aliphatic hydroxyl groups excluding tert-OH is 1. The highest BCUT2D eigenvalue weighted by molar-refractivity contribution is 5.49. The van der Waals surface area contributed by atoms with Crippen LogP contribution in [0.1, 0.15) is 49.5 Å². The normalized spacial score (nSPS) is 19.0. The predicted octanol–water partition coefficient (Wildman–Crippen LogP) is 3.97. The number of aromatic nitrogens is 2. The molecule has 0 amide bonds. The molecule has 2 heterocycles. The van der Waals surface area contributed by atoms with Crippen LogP contribution in [-0.2, 0) is 6.18 Å². The van der Waals surface area contributed by atoms with E-state index in [1.807, 2.05) is 0 Å². The molecule has 3 nitrogen and oxygen atoms in total. The van der Waals surface area contributed by atoms with Gasteiger partial charge in [0.05, 0.1) is 35.4 Å². The van der Waals surface area contributed by atoms with Crippen molar-refractivity contribution in [3.05, 3.63) is 35.9 Å². The summed E-state index contributed by atoms with van der Waals surface area (Å²) in [7, 11) is 0. The Morgan fingerprint density at radius 3 is 2.57 bits per heavy atom. The van der Waals surface area contributed by atoms with Gasteiger partial charge in [-0.1, -0.05) is 19.3 Å². The molecule has 1 fully saturated rings. The van der Waals surface area contributed by atoms with E-state index < -0.39 is 17.8 Å². The van der Waals surface area contributed by atoms with Crippen LogP contribution in [0.4, 0.5) is 13.2 Å². The largest absolute Gasteiger partial charge is 0.418 e. The third kappa shape index (κ3) is 2.64. The van der Waals surface area contributed by atoms with Crippen molar-refractivity contribution in [2.45, 2.75) is 44.4 Å². The zero-order chi connectivity index (χ0) is 15.0. The molecule has 2 aromatic heterocycles. The Kier molecular flexibility index (Phi) is 3.65. The fraction of sp³-hybridized carbons (Fsp3) is 0.533. The highest BCUT2D eigenvalue weighted by Crippen LogP contribution is 2.40. The topological polar surface area (TPSA) is 37.5 Å². The number of pyridine rings is 1. The molecule has 6 heteroatoms. The van der Waals surface area contributed by atoms with Crippen molar-refractivity contribution in [1.82, 2.24) is 9.38 Å². The van der Waals surface area contributed by atoms with Gasteiger partial charge in [-0.2, -0.15) is 13.2 Å². The van der Waals surface area contributed by atoms with Crippen LogP contribution >= 0.6 is 0 Å². The number of hydrogen-bond donors (Lipinski definition) is 1. The van der Waals surface area contributed by atoms with Crippen molar-refractivity contribution in [3.63, 3.8) is 0 Å². The summed E-state index contributed by atoms with van der Waals surface area (Å²) in [5.41, 5.74) is -0.289. The molecular weight excluding hydrogens is 281 g/mol. The molecule has 0 spiro atoms. The second-order valence-corrected chi connectivity index (χ2v) is 5.66. The molecule has 21 heavy (non-hydrogen) atoms. The van der Waals surface area contributed by atoms with Gasteiger partial charge in [-0.3, -0.25) is 4.40 Å². The van der Waals surface area contributed by atoms with E-state index in [1.54, 1.807) is 0 Å². The first kappa shape index (κ1) is 14.4. The van der Waals surface area contributed by atoms with Gasteiger partial charge in [0.15, 0.2) is 0 Å². The van der Waals surface area contributed by atoms with E-state index in [9.17, 15) is 18.3 Å². The number of halogens is 3. The Balaban J connectivity index is 2.11. The van der Waals surface area contributed by atoms with Crippen molar-refractivity contribution in [2.24, 2.45) is 5.92 Å². The van der Waals surface area contributed by atoms with Gasteiger partial charge in [0.2, 0.25) is 0 Å². The zero-order valence-electron chi connectivity index (χ0n) is 11.5. The molecule has 0 aliphatic heterocycles. The molecule has 114 valence electrons. The van der Waals surface area contributed by atoms with Gasteiger partial charge in [0, 0.05) is 0 Å². The van der Waals surface area contributed by atoms with Gasteiger partial charge in [0.1, 0.15) is 0 Å². The minimum atomic E-state index is -4.48. The van der Waals surface area contributed by atoms with Gasteiger partial charge in [-0.15, -0.1) is 0 Å². The van der Waals surface area contributed by atoms with Gasteiger partial charge >= 0.3 is 6.18 Å². The maximum atomic E-state index is 13.3. The molecule has 1 saturated carbocycles. The van der Waals surface area contributed by atoms with Crippen LogP contribution in [-0.4, -0.2) is 14.5 Å². The molecule has 0 radical (unpaired) electrons. The molecule has 0 aromatic carbocycles. The van der Waals surface area contributed by atoms with Crippen LogP contribution in [0.2, 0.25) is 0 Å². The number of imidazole rings is 1. The van der Waals surface area contributed by atoms with Gasteiger partial charge < -0.3 is 5.11 Å². The fourth-order valence-electron chi connectivity index (χ4n) is 3.23. The molecule has 0 unspecified atom stereocenters. The van der Waals surface area contributed by atoms with Crippen molar-refractivity contribution in [2.75, 3.05) is 0 Å². The lowest BCUT2D eigenvalue weighted by Gasteiger charge is -2.29. The van der Waals surface area contributed by atoms with E-state index in [1.165, 1.54) is 23.0 Å². The molecule has 0 saturated heterocycles. The number of aliphatic hydroxyl groups is 1. The van der Waals surface area contributed by atoms with Crippen LogP contribution in [0.5, 0.6) is 0 Å². The minimum Gasteiger partial charge on any atom is -0.387 e. The lowest BCUT2D eigenvalue weighted by atomic mass is 9.83. The van der Waals surface area contributed by atoms with E-state index in [-0.39, 0.29) is 11.6 Å². The Labute approximate surface area is 120 Å². The SMILES string of the molecule is O[C@H](c1c(C(F)(F)F)ccc2cncn12)C1CCCCC1. The summed E-state index contributed by atoms with van der Waals surface area (Å²) in [4.78, 5) is 3.90. The predicted molar refractivity (Wildman–Crippen MR) is 71.7 cm³/mol. The van der Waals surface area contributed by atoms with Crippen LogP contribution < -0.4 is 0 Å². The molecule has 1 atom stereocenters. The molecule has 0 bridgehead atoms. The fourth-order valence-corrected chi connectivity index (χ4v) is 3.23. The third-order valence-electron chi connectivity index (χ3n) is 4.31. The second-order valence-electron chi connectivity index (χ2n) is 5.66. The second kappa shape index (κ2) is 5.33. The van der Waals surface area contributed by atoms with Gasteiger partial charge in [-0.05, 0) is 30.9 Å². The quantitative estimate of drug-likeness (QED) is 0.911. The molecule has 1 aliphatic carbocycles. The summed E-state index contributed by atoms with van der Waals surface area (Å²) in [6.45, 7) is 0. The molecule has 2 aromatic rings. The first-order valence-electron chi connectivity index (χ1n) is 7.18. The van der Waals surface area contributed by atoms with Crippen LogP contribution in [0, 0.1) is 5.92 Å². The monoisotopic (exact) mass is 298 g/mol. The molecule has 3 rings (SSSR count). The third-order valence-corrected chi connectivity index (χ3v) is 4.31. The van der Waals surface area contributed by atoms with Crippen LogP contribution in [0.15, 0.2) is 24.7 Å². The first-order chi connectivity index (χ1) is 9.98. The van der Waals surface area contributed by atoms with Crippen molar-refractivity contribution < 1.29 is 18.3 Å². The molecular formula is C15H17F3N2O. The van der Waals surface area contributed by atoms with E-state index in [2.05, 4.69) is 4.98 Å². The maximum Gasteiger partial charge on any atom is 0.418 e. The van der Waals surface area contributed by atoms with E-state index in [0.29, 0.717) is 5.52 Å². The standard InChI is InChI=1S/C15H17F3N2O/c16-15(17,18)12-7-6-11-8-19-9-20(11)13(12)14(21)10-4-2-1-3-5-10/h6-10,14,21H,1-5H2/t14-/m0/s1. The van der Waals surface area contributed by atoms with E-state index >= 15 is 0 Å². The number of alkyl halides is 3. The zero-order valence-corrected chi connectivity index (χ0v) is 11.5. The number of fused-ring (bicyclic) bond motifs is 1. The summed E-state index contributed by atoms with van der Waals surface area (Å²) in [6, 6.07) is 2.42. The molecule has 1 aliphatic rings. The van der Waals surface area contributed by atoms with Gasteiger partial charge in [0.25, 0.3) is 0 Å². The summed E-state index contributed by atoms with van der Waals surface area (Å²) < 4.78 is 41.2. The lowest BCUT2D eigenvalue weighted by Crippen LogP contribution is -2.22. The van der Waals surface area contributed by atoms with Crippen molar-refractivity contribution >= 4 is 5.52 Å². The average Bonchev–Trinajstić information content (AvgIpc) is 2.94. The summed E-state index contributed by atoms with van der Waals surface area (Å²) in [5.74, 6) is -0.118. The Morgan fingerprint density at radius 1 is 1.19 bits per heavy atom. The summed E-state index contributed by atoms with van der Waals surface area (Å²) in [5, 5.41) is 10.6. The number of rotatable bonds is 2. The van der Waals surface area contributed by atoms with Crippen LogP contribution in [0.3, 0.4) is 0 Å². The van der Waals surface area contributed by atoms with Crippen LogP contribution in [0.25, 0.3) is 5.52 Å². The van der Waals surface area contributed by atoms with E-state index in [0.717, 1.165) is 38.2 Å². The highest BCUT2D eigenvalue weighted by atomic mass is 19.4. The van der Waals surface area contributed by atoms with E-state index in [4.69, 9.17) is 0 Å². The maximum absolute atomic E-state index is 13.3. The first-order valence-corrected chi connectivity index (χ1v) is 7.18. The lowest BCUT2D eigenvalue weighted by molar-refractivity contribution is -0.140. The van der Waals surface area contributed by atoms with Crippen molar-refractivity contribution in [3.8, 4) is 0 Å². The number of hydrogen-bond acceptors (Lipinski definition) is 2. The summed E-state index contributed by atoms with van der Waals surface area (Å²) >= 11 is 0. The molecule has 1 N–H and O–H groups in total. The Hall–Kier alpha value is -1.56. The van der Waals surface area contributed by atoms with Crippen molar-refractivity contribution in [1.29, 1.82) is 0 Å². The summed E-state index contributed by atoms with van der Waals surface area (Å²) in [6.07, 6.45) is 1.79. The van der Waals surface area contributed by atoms with Gasteiger partial charge in [-0.25, -0.2) is 4.98 Å². The Bertz CT molecular complexity index is 629. The Morgan fingerprint density at radius 2 is 1.90 bits per heavy atom. The average molecular weight is 298 g/mol.